The van der Waals surface area contributed by atoms with Gasteiger partial charge in [0, 0.05) is 50.8 Å². The topological polar surface area (TPSA) is 214 Å². The molecule has 15 heteroatoms. The molecule has 3 aromatic rings. The van der Waals surface area contributed by atoms with Crippen LogP contribution in [0.2, 0.25) is 0 Å². The Hall–Kier alpha value is -5.38. The monoisotopic (exact) mass is 855 g/mol. The number of carbonyl (C=O) groups is 4. The van der Waals surface area contributed by atoms with Crippen molar-refractivity contribution in [3.63, 3.8) is 0 Å². The SMILES string of the molecule is CNc1cc(CC(=O)N(CCOc2cc(CC(C(=O)O)C3CCNC3)cc(NC)c2)Cc2cc(CC(C(=O)O)C3CCNC3)cc(NC)c2)cc(CC(C(=O)O)C2CCNC2)c1. The van der Waals surface area contributed by atoms with Gasteiger partial charge in [-0.2, -0.15) is 0 Å². The summed E-state index contributed by atoms with van der Waals surface area (Å²) in [5.41, 5.74) is 6.56. The van der Waals surface area contributed by atoms with E-state index in [4.69, 9.17) is 4.74 Å². The summed E-state index contributed by atoms with van der Waals surface area (Å²) in [6, 6.07) is 17.4. The molecule has 3 aromatic carbocycles. The quantitative estimate of drug-likeness (QED) is 0.0660. The first-order valence-corrected chi connectivity index (χ1v) is 22.1. The van der Waals surface area contributed by atoms with Crippen LogP contribution in [0.3, 0.4) is 0 Å². The fourth-order valence-electron chi connectivity index (χ4n) is 9.51. The highest BCUT2D eigenvalue weighted by Crippen LogP contribution is 2.30. The number of nitrogens with one attached hydrogen (secondary N) is 6. The van der Waals surface area contributed by atoms with Crippen LogP contribution >= 0.6 is 0 Å². The highest BCUT2D eigenvalue weighted by atomic mass is 16.5. The molecule has 336 valence electrons. The lowest BCUT2D eigenvalue weighted by atomic mass is 9.85. The van der Waals surface area contributed by atoms with Crippen molar-refractivity contribution in [1.82, 2.24) is 20.9 Å². The molecule has 15 nitrogen and oxygen atoms in total. The molecule has 0 spiro atoms. The lowest BCUT2D eigenvalue weighted by molar-refractivity contribution is -0.144. The maximum atomic E-state index is 14.5. The Balaban J connectivity index is 1.25. The van der Waals surface area contributed by atoms with Gasteiger partial charge >= 0.3 is 17.9 Å². The molecular weight excluding hydrogens is 791 g/mol. The Bertz CT molecular complexity index is 2010. The summed E-state index contributed by atoms with van der Waals surface area (Å²) in [6.45, 7) is 5.02. The minimum atomic E-state index is -0.824. The molecule has 3 heterocycles. The maximum Gasteiger partial charge on any atom is 0.307 e. The minimum absolute atomic E-state index is 0.0262. The third kappa shape index (κ3) is 12.6. The lowest BCUT2D eigenvalue weighted by Gasteiger charge is -2.25. The van der Waals surface area contributed by atoms with Crippen LogP contribution in [0.4, 0.5) is 17.1 Å². The van der Waals surface area contributed by atoms with E-state index in [2.05, 4.69) is 31.9 Å². The number of hydrogen-bond donors (Lipinski definition) is 9. The van der Waals surface area contributed by atoms with E-state index >= 15 is 0 Å². The molecule has 3 saturated heterocycles. The van der Waals surface area contributed by atoms with E-state index in [9.17, 15) is 34.5 Å². The Labute approximate surface area is 364 Å². The number of ether oxygens (including phenoxy) is 1. The van der Waals surface area contributed by atoms with Crippen LogP contribution in [-0.2, 0) is 51.4 Å². The highest BCUT2D eigenvalue weighted by Gasteiger charge is 2.33. The average Bonchev–Trinajstić information content (AvgIpc) is 4.09. The van der Waals surface area contributed by atoms with Crippen molar-refractivity contribution >= 4 is 40.9 Å². The standard InChI is InChI=1S/C47H65N7O8/c1-48-37-14-29(20-41(45(56)57)34-4-7-51-25-34)12-31(16-37)23-44(55)54(28-33-13-30(15-38(18-33)49-2)21-42(46(58)59)35-5-8-52-26-35)10-11-62-40-19-32(17-39(24-40)50-3)22-43(47(60)61)36-6-9-53-27-36/h12-19,24,34-36,41-43,48-53H,4-11,20-23,25-28H2,1-3H3,(H,56,57)(H,58,59)(H,60,61). The number of aliphatic carboxylic acids is 3. The van der Waals surface area contributed by atoms with E-state index in [-0.39, 0.29) is 49.8 Å². The zero-order valence-corrected chi connectivity index (χ0v) is 36.3. The third-order valence-electron chi connectivity index (χ3n) is 13.0. The molecule has 62 heavy (non-hydrogen) atoms. The zero-order chi connectivity index (χ0) is 44.2. The molecule has 6 rings (SSSR count). The van der Waals surface area contributed by atoms with Gasteiger partial charge in [0.2, 0.25) is 5.91 Å². The number of carboxylic acid groups (broad SMARTS) is 3. The van der Waals surface area contributed by atoms with Gasteiger partial charge in [0.1, 0.15) is 12.4 Å². The molecule has 0 bridgehead atoms. The second-order valence-electron chi connectivity index (χ2n) is 17.2. The molecule has 0 radical (unpaired) electrons. The fourth-order valence-corrected chi connectivity index (χ4v) is 9.51. The molecular formula is C47H65N7O8. The average molecular weight is 856 g/mol. The fraction of sp³-hybridized carbons (Fsp3) is 0.532. The summed E-state index contributed by atoms with van der Waals surface area (Å²) in [6.07, 6.45) is 3.56. The van der Waals surface area contributed by atoms with Crippen molar-refractivity contribution in [1.29, 1.82) is 0 Å². The number of rotatable bonds is 23. The van der Waals surface area contributed by atoms with Crippen molar-refractivity contribution in [2.75, 3.05) is 89.5 Å². The van der Waals surface area contributed by atoms with E-state index in [0.29, 0.717) is 44.6 Å². The molecule has 9 N–H and O–H groups in total. The second kappa shape index (κ2) is 22.1. The van der Waals surface area contributed by atoms with Crippen molar-refractivity contribution in [2.45, 2.75) is 51.5 Å². The zero-order valence-electron chi connectivity index (χ0n) is 36.3. The molecule has 3 aliphatic heterocycles. The Morgan fingerprint density at radius 2 is 1.00 bits per heavy atom. The van der Waals surface area contributed by atoms with Crippen LogP contribution in [0.15, 0.2) is 54.6 Å². The van der Waals surface area contributed by atoms with Crippen LogP contribution in [-0.4, -0.2) is 118 Å². The Morgan fingerprint density at radius 1 is 0.597 bits per heavy atom. The van der Waals surface area contributed by atoms with Gasteiger partial charge in [-0.1, -0.05) is 12.1 Å². The molecule has 0 aliphatic carbocycles. The summed E-state index contributed by atoms with van der Waals surface area (Å²) in [5, 5.41) is 49.9. The highest BCUT2D eigenvalue weighted by molar-refractivity contribution is 5.79. The summed E-state index contributed by atoms with van der Waals surface area (Å²) >= 11 is 0. The van der Waals surface area contributed by atoms with Crippen LogP contribution < -0.4 is 36.6 Å². The summed E-state index contributed by atoms with van der Waals surface area (Å²) in [5.74, 6) is -3.59. The molecule has 3 aliphatic rings. The lowest BCUT2D eigenvalue weighted by Crippen LogP contribution is -2.35. The number of nitrogens with zero attached hydrogens (tertiary/aromatic N) is 1. The molecule has 6 unspecified atom stereocenters. The number of hydrogen-bond acceptors (Lipinski definition) is 11. The van der Waals surface area contributed by atoms with Crippen molar-refractivity contribution in [3.8, 4) is 5.75 Å². The Morgan fingerprint density at radius 3 is 1.42 bits per heavy atom. The summed E-state index contributed by atoms with van der Waals surface area (Å²) < 4.78 is 6.35. The largest absolute Gasteiger partial charge is 0.492 e. The van der Waals surface area contributed by atoms with Gasteiger partial charge in [-0.3, -0.25) is 19.2 Å². The maximum absolute atomic E-state index is 14.5. The number of carboxylic acids is 3. The van der Waals surface area contributed by atoms with Crippen LogP contribution in [0.1, 0.15) is 47.1 Å². The minimum Gasteiger partial charge on any atom is -0.492 e. The predicted molar refractivity (Wildman–Crippen MR) is 240 cm³/mol. The summed E-state index contributed by atoms with van der Waals surface area (Å²) in [7, 11) is 5.42. The molecule has 1 amide bonds. The van der Waals surface area contributed by atoms with Crippen LogP contribution in [0.25, 0.3) is 0 Å². The summed E-state index contributed by atoms with van der Waals surface area (Å²) in [4.78, 5) is 53.5. The molecule has 3 fully saturated rings. The van der Waals surface area contributed by atoms with Gasteiger partial charge in [-0.05, 0) is 160 Å². The van der Waals surface area contributed by atoms with Crippen molar-refractivity contribution in [3.05, 3.63) is 82.4 Å². The number of carbonyl (C=O) groups excluding carboxylic acids is 1. The first-order chi connectivity index (χ1) is 29.9. The van der Waals surface area contributed by atoms with E-state index in [1.807, 2.05) is 61.6 Å². The van der Waals surface area contributed by atoms with E-state index < -0.39 is 35.7 Å². The van der Waals surface area contributed by atoms with Crippen LogP contribution in [0.5, 0.6) is 5.75 Å². The predicted octanol–water partition coefficient (Wildman–Crippen LogP) is 4.02. The second-order valence-corrected chi connectivity index (χ2v) is 17.2. The molecule has 6 atom stereocenters. The van der Waals surface area contributed by atoms with Gasteiger partial charge in [0.05, 0.1) is 30.7 Å². The smallest absolute Gasteiger partial charge is 0.307 e. The third-order valence-corrected chi connectivity index (χ3v) is 13.0. The van der Waals surface area contributed by atoms with Gasteiger partial charge in [0.25, 0.3) is 0 Å². The normalized spacial score (nSPS) is 20.0. The van der Waals surface area contributed by atoms with E-state index in [1.54, 1.807) is 19.0 Å². The number of anilines is 3. The first kappa shape index (κ1) is 46.1. The molecule has 0 saturated carbocycles. The van der Waals surface area contributed by atoms with E-state index in [1.165, 1.54) is 0 Å². The Kier molecular flexibility index (Phi) is 16.5. The van der Waals surface area contributed by atoms with Gasteiger partial charge < -0.3 is 56.9 Å². The van der Waals surface area contributed by atoms with Crippen molar-refractivity contribution < 1.29 is 39.2 Å². The number of amides is 1. The van der Waals surface area contributed by atoms with Gasteiger partial charge in [-0.25, -0.2) is 0 Å². The van der Waals surface area contributed by atoms with Crippen LogP contribution in [0, 0.1) is 35.5 Å². The van der Waals surface area contributed by atoms with Gasteiger partial charge in [-0.15, -0.1) is 0 Å². The van der Waals surface area contributed by atoms with E-state index in [0.717, 1.165) is 83.8 Å². The van der Waals surface area contributed by atoms with Crippen molar-refractivity contribution in [2.24, 2.45) is 35.5 Å². The van der Waals surface area contributed by atoms with Gasteiger partial charge in [0.15, 0.2) is 0 Å². The molecule has 0 aromatic heterocycles. The first-order valence-electron chi connectivity index (χ1n) is 22.1. The number of benzene rings is 3.